The SMILES string of the molecule is Cc1ccc([S+](N)[O-])c(C2CCCC2)c1. The van der Waals surface area contributed by atoms with Gasteiger partial charge in [-0.15, -0.1) is 5.14 Å². The van der Waals surface area contributed by atoms with Crippen molar-refractivity contribution in [2.24, 2.45) is 5.14 Å². The van der Waals surface area contributed by atoms with Crippen molar-refractivity contribution >= 4 is 11.4 Å². The summed E-state index contributed by atoms with van der Waals surface area (Å²) in [6.45, 7) is 2.07. The molecule has 1 aromatic carbocycles. The summed E-state index contributed by atoms with van der Waals surface area (Å²) in [5.41, 5.74) is 2.44. The van der Waals surface area contributed by atoms with Crippen LogP contribution in [0.4, 0.5) is 0 Å². The Morgan fingerprint density at radius 3 is 2.60 bits per heavy atom. The minimum atomic E-state index is -1.34. The average Bonchev–Trinajstić information content (AvgIpc) is 2.69. The zero-order chi connectivity index (χ0) is 10.8. The molecule has 1 unspecified atom stereocenters. The van der Waals surface area contributed by atoms with Crippen molar-refractivity contribution in [3.63, 3.8) is 0 Å². The van der Waals surface area contributed by atoms with Crippen LogP contribution in [0, 0.1) is 6.92 Å². The fourth-order valence-electron chi connectivity index (χ4n) is 2.41. The monoisotopic (exact) mass is 223 g/mol. The normalized spacial score (nSPS) is 19.4. The average molecular weight is 223 g/mol. The number of benzene rings is 1. The van der Waals surface area contributed by atoms with Gasteiger partial charge in [0, 0.05) is 5.56 Å². The van der Waals surface area contributed by atoms with Gasteiger partial charge in [0.1, 0.15) is 0 Å². The summed E-state index contributed by atoms with van der Waals surface area (Å²) in [7, 11) is 0. The van der Waals surface area contributed by atoms with Gasteiger partial charge < -0.3 is 4.55 Å². The molecule has 3 heteroatoms. The van der Waals surface area contributed by atoms with Crippen LogP contribution in [0.1, 0.15) is 42.7 Å². The minimum Gasteiger partial charge on any atom is -0.593 e. The largest absolute Gasteiger partial charge is 0.593 e. The molecule has 15 heavy (non-hydrogen) atoms. The first-order valence-corrected chi connectivity index (χ1v) is 6.66. The molecule has 0 aliphatic heterocycles. The van der Waals surface area contributed by atoms with Crippen LogP contribution in [0.25, 0.3) is 0 Å². The quantitative estimate of drug-likeness (QED) is 0.783. The second-order valence-electron chi connectivity index (χ2n) is 4.32. The predicted molar refractivity (Wildman–Crippen MR) is 63.0 cm³/mol. The van der Waals surface area contributed by atoms with Gasteiger partial charge in [-0.05, 0) is 31.7 Å². The van der Waals surface area contributed by atoms with Crippen LogP contribution in [0.3, 0.4) is 0 Å². The zero-order valence-corrected chi connectivity index (χ0v) is 9.85. The molecule has 0 heterocycles. The van der Waals surface area contributed by atoms with Crippen molar-refractivity contribution < 1.29 is 4.55 Å². The lowest BCUT2D eigenvalue weighted by atomic mass is 9.96. The number of hydrogen-bond acceptors (Lipinski definition) is 2. The van der Waals surface area contributed by atoms with Crippen LogP contribution < -0.4 is 5.14 Å². The molecule has 0 bridgehead atoms. The predicted octanol–water partition coefficient (Wildman–Crippen LogP) is 2.63. The number of aryl methyl sites for hydroxylation is 1. The van der Waals surface area contributed by atoms with E-state index in [4.69, 9.17) is 5.14 Å². The molecule has 0 spiro atoms. The summed E-state index contributed by atoms with van der Waals surface area (Å²) in [6.07, 6.45) is 5.01. The molecule has 2 N–H and O–H groups in total. The summed E-state index contributed by atoms with van der Waals surface area (Å²) in [5, 5.41) is 5.50. The van der Waals surface area contributed by atoms with Gasteiger partial charge in [0.2, 0.25) is 0 Å². The molecule has 0 aromatic heterocycles. The highest BCUT2D eigenvalue weighted by molar-refractivity contribution is 7.89. The van der Waals surface area contributed by atoms with Gasteiger partial charge in [0.15, 0.2) is 4.90 Å². The maximum atomic E-state index is 11.4. The Bertz CT molecular complexity index is 345. The van der Waals surface area contributed by atoms with E-state index in [9.17, 15) is 4.55 Å². The topological polar surface area (TPSA) is 49.1 Å². The van der Waals surface area contributed by atoms with Crippen molar-refractivity contribution in [3.8, 4) is 0 Å². The standard InChI is InChI=1S/C12H17NOS/c1-9-6-7-12(15(13)14)11(8-9)10-4-2-3-5-10/h6-8,10H,2-5,13H2,1H3. The first-order valence-electron chi connectivity index (χ1n) is 5.45. The summed E-state index contributed by atoms with van der Waals surface area (Å²) < 4.78 is 11.4. The molecule has 1 aliphatic carbocycles. The lowest BCUT2D eigenvalue weighted by Crippen LogP contribution is -2.15. The Kier molecular flexibility index (Phi) is 3.34. The van der Waals surface area contributed by atoms with E-state index in [0.717, 1.165) is 4.90 Å². The molecule has 2 nitrogen and oxygen atoms in total. The van der Waals surface area contributed by atoms with Gasteiger partial charge in [0.25, 0.3) is 0 Å². The van der Waals surface area contributed by atoms with E-state index in [1.807, 2.05) is 12.1 Å². The van der Waals surface area contributed by atoms with E-state index in [1.54, 1.807) is 0 Å². The second kappa shape index (κ2) is 4.56. The Morgan fingerprint density at radius 2 is 2.00 bits per heavy atom. The molecular formula is C12H17NOS. The lowest BCUT2D eigenvalue weighted by Gasteiger charge is -2.15. The van der Waals surface area contributed by atoms with Gasteiger partial charge >= 0.3 is 0 Å². The van der Waals surface area contributed by atoms with Crippen molar-refractivity contribution in [2.45, 2.75) is 43.4 Å². The van der Waals surface area contributed by atoms with Gasteiger partial charge in [-0.25, -0.2) is 0 Å². The molecule has 1 atom stereocenters. The third kappa shape index (κ3) is 2.36. The molecule has 1 saturated carbocycles. The van der Waals surface area contributed by atoms with Gasteiger partial charge in [-0.3, -0.25) is 0 Å². The molecular weight excluding hydrogens is 206 g/mol. The highest BCUT2D eigenvalue weighted by Gasteiger charge is 2.24. The number of nitrogens with two attached hydrogens (primary N) is 1. The first-order chi connectivity index (χ1) is 7.18. The van der Waals surface area contributed by atoms with Crippen LogP contribution in [-0.2, 0) is 11.4 Å². The van der Waals surface area contributed by atoms with Crippen molar-refractivity contribution in [1.82, 2.24) is 0 Å². The van der Waals surface area contributed by atoms with Crippen LogP contribution in [0.15, 0.2) is 23.1 Å². The van der Waals surface area contributed by atoms with E-state index in [-0.39, 0.29) is 0 Å². The number of hydrogen-bond donors (Lipinski definition) is 1. The molecule has 1 fully saturated rings. The molecule has 0 radical (unpaired) electrons. The van der Waals surface area contributed by atoms with Gasteiger partial charge in [-0.2, -0.15) is 0 Å². The maximum Gasteiger partial charge on any atom is 0.177 e. The summed E-state index contributed by atoms with van der Waals surface area (Å²) in [5.74, 6) is 0.576. The van der Waals surface area contributed by atoms with Crippen LogP contribution in [0.5, 0.6) is 0 Å². The second-order valence-corrected chi connectivity index (χ2v) is 5.35. The first kappa shape index (κ1) is 11.0. The van der Waals surface area contributed by atoms with Crippen molar-refractivity contribution in [1.29, 1.82) is 0 Å². The van der Waals surface area contributed by atoms with E-state index < -0.39 is 11.4 Å². The molecule has 2 rings (SSSR count). The van der Waals surface area contributed by atoms with Crippen LogP contribution >= 0.6 is 0 Å². The summed E-state index contributed by atoms with van der Waals surface area (Å²) in [6, 6.07) is 6.05. The highest BCUT2D eigenvalue weighted by atomic mass is 32.2. The van der Waals surface area contributed by atoms with Gasteiger partial charge in [0.05, 0.1) is 11.4 Å². The van der Waals surface area contributed by atoms with E-state index in [1.165, 1.54) is 36.8 Å². The zero-order valence-electron chi connectivity index (χ0n) is 9.03. The maximum absolute atomic E-state index is 11.4. The Hall–Kier alpha value is -0.510. The summed E-state index contributed by atoms with van der Waals surface area (Å²) in [4.78, 5) is 0.826. The van der Waals surface area contributed by atoms with E-state index in [0.29, 0.717) is 5.92 Å². The summed E-state index contributed by atoms with van der Waals surface area (Å²) >= 11 is -1.34. The van der Waals surface area contributed by atoms with E-state index >= 15 is 0 Å². The third-order valence-corrected chi connectivity index (χ3v) is 3.98. The Balaban J connectivity index is 2.37. The van der Waals surface area contributed by atoms with Crippen molar-refractivity contribution in [3.05, 3.63) is 29.3 Å². The van der Waals surface area contributed by atoms with Crippen LogP contribution in [-0.4, -0.2) is 4.55 Å². The molecule has 0 amide bonds. The highest BCUT2D eigenvalue weighted by Crippen LogP contribution is 2.37. The smallest absolute Gasteiger partial charge is 0.177 e. The van der Waals surface area contributed by atoms with E-state index in [2.05, 4.69) is 13.0 Å². The van der Waals surface area contributed by atoms with Crippen molar-refractivity contribution in [2.75, 3.05) is 0 Å². The fourth-order valence-corrected chi connectivity index (χ4v) is 3.07. The van der Waals surface area contributed by atoms with Gasteiger partial charge in [-0.1, -0.05) is 30.5 Å². The Morgan fingerprint density at radius 1 is 1.33 bits per heavy atom. The molecule has 82 valence electrons. The number of rotatable bonds is 2. The molecule has 1 aromatic rings. The molecule has 0 saturated heterocycles. The fraction of sp³-hybridized carbons (Fsp3) is 0.500. The minimum absolute atomic E-state index is 0.576. The Labute approximate surface area is 94.2 Å². The molecule has 1 aliphatic rings. The third-order valence-electron chi connectivity index (χ3n) is 3.18. The lowest BCUT2D eigenvalue weighted by molar-refractivity contribution is 0.592. The van der Waals surface area contributed by atoms with Crippen LogP contribution in [0.2, 0.25) is 0 Å².